The van der Waals surface area contributed by atoms with Crippen LogP contribution in [0.5, 0.6) is 0 Å². The van der Waals surface area contributed by atoms with Crippen LogP contribution in [0.4, 0.5) is 11.5 Å². The average Bonchev–Trinajstić information content (AvgIpc) is 2.04. The highest BCUT2D eigenvalue weighted by Crippen LogP contribution is 2.23. The maximum Gasteiger partial charge on any atom is 0.150 e. The molecule has 1 aromatic heterocycles. The smallest absolute Gasteiger partial charge is 0.150 e. The molecule has 0 fully saturated rings. The first-order valence-corrected chi connectivity index (χ1v) is 4.30. The first-order chi connectivity index (χ1) is 5.36. The Morgan fingerprint density at radius 2 is 2.09 bits per heavy atom. The van der Waals surface area contributed by atoms with E-state index in [1.807, 2.05) is 12.1 Å². The molecule has 2 N–H and O–H groups in total. The summed E-state index contributed by atoms with van der Waals surface area (Å²) < 4.78 is 0.868. The Balaban J connectivity index is 2.43. The molecule has 11 heavy (non-hydrogen) atoms. The maximum absolute atomic E-state index is 4.26. The Labute approximate surface area is 73.3 Å². The van der Waals surface area contributed by atoms with Crippen molar-refractivity contribution >= 4 is 27.4 Å². The van der Waals surface area contributed by atoms with Crippen LogP contribution in [0.1, 0.15) is 0 Å². The van der Waals surface area contributed by atoms with E-state index in [2.05, 4.69) is 31.5 Å². The van der Waals surface area contributed by atoms with E-state index in [4.69, 9.17) is 0 Å². The van der Waals surface area contributed by atoms with Crippen molar-refractivity contribution in [3.05, 3.63) is 16.7 Å². The minimum absolute atomic E-state index is 0.868. The number of nitrogens with zero attached hydrogens (tertiary/aromatic N) is 1. The van der Waals surface area contributed by atoms with Gasteiger partial charge in [-0.15, -0.1) is 0 Å². The SMILES string of the molecule is Brc1ccc2c(n1)NCCN2. The number of anilines is 2. The van der Waals surface area contributed by atoms with Gasteiger partial charge in [0.2, 0.25) is 0 Å². The van der Waals surface area contributed by atoms with E-state index < -0.39 is 0 Å². The van der Waals surface area contributed by atoms with Gasteiger partial charge >= 0.3 is 0 Å². The second-order valence-corrected chi connectivity index (χ2v) is 3.20. The predicted octanol–water partition coefficient (Wildman–Crippen LogP) is 1.68. The molecule has 0 spiro atoms. The van der Waals surface area contributed by atoms with Crippen molar-refractivity contribution in [1.82, 2.24) is 4.98 Å². The fourth-order valence-electron chi connectivity index (χ4n) is 1.09. The van der Waals surface area contributed by atoms with Gasteiger partial charge in [-0.05, 0) is 28.1 Å². The van der Waals surface area contributed by atoms with Crippen LogP contribution in [0.25, 0.3) is 0 Å². The Morgan fingerprint density at radius 3 is 3.00 bits per heavy atom. The molecule has 3 nitrogen and oxygen atoms in total. The lowest BCUT2D eigenvalue weighted by Crippen LogP contribution is -2.21. The Bertz CT molecular complexity index is 274. The van der Waals surface area contributed by atoms with Crippen molar-refractivity contribution in [3.8, 4) is 0 Å². The molecule has 1 aliphatic rings. The summed E-state index contributed by atoms with van der Waals surface area (Å²) in [6.07, 6.45) is 0. The molecule has 4 heteroatoms. The van der Waals surface area contributed by atoms with Gasteiger partial charge < -0.3 is 10.6 Å². The summed E-state index contributed by atoms with van der Waals surface area (Å²) in [5.41, 5.74) is 1.08. The van der Waals surface area contributed by atoms with E-state index in [1.54, 1.807) is 0 Å². The van der Waals surface area contributed by atoms with Crippen LogP contribution in [-0.4, -0.2) is 18.1 Å². The third kappa shape index (κ3) is 1.30. The topological polar surface area (TPSA) is 37.0 Å². The first-order valence-electron chi connectivity index (χ1n) is 3.50. The third-order valence-corrected chi connectivity index (χ3v) is 2.04. The number of hydrogen-bond donors (Lipinski definition) is 2. The highest BCUT2D eigenvalue weighted by atomic mass is 79.9. The molecular formula is C7H8BrN3. The van der Waals surface area contributed by atoms with E-state index in [0.29, 0.717) is 0 Å². The zero-order valence-electron chi connectivity index (χ0n) is 5.89. The number of pyridine rings is 1. The summed E-state index contributed by atoms with van der Waals surface area (Å²) in [5, 5.41) is 6.44. The minimum atomic E-state index is 0.868. The molecule has 0 saturated heterocycles. The van der Waals surface area contributed by atoms with Crippen LogP contribution in [0, 0.1) is 0 Å². The van der Waals surface area contributed by atoms with Crippen LogP contribution in [0.3, 0.4) is 0 Å². The zero-order valence-corrected chi connectivity index (χ0v) is 7.48. The van der Waals surface area contributed by atoms with Gasteiger partial charge in [0, 0.05) is 13.1 Å². The van der Waals surface area contributed by atoms with Crippen molar-refractivity contribution in [3.63, 3.8) is 0 Å². The van der Waals surface area contributed by atoms with Crippen molar-refractivity contribution < 1.29 is 0 Å². The molecule has 0 aromatic carbocycles. The molecule has 0 saturated carbocycles. The molecule has 1 aromatic rings. The number of rotatable bonds is 0. The second kappa shape index (κ2) is 2.70. The van der Waals surface area contributed by atoms with Gasteiger partial charge in [0.05, 0.1) is 5.69 Å². The number of aromatic nitrogens is 1. The van der Waals surface area contributed by atoms with Crippen LogP contribution < -0.4 is 10.6 Å². The average molecular weight is 214 g/mol. The van der Waals surface area contributed by atoms with Gasteiger partial charge in [-0.3, -0.25) is 0 Å². The van der Waals surface area contributed by atoms with Crippen molar-refractivity contribution in [2.75, 3.05) is 23.7 Å². The summed E-state index contributed by atoms with van der Waals surface area (Å²) in [5.74, 6) is 0.936. The van der Waals surface area contributed by atoms with Crippen LogP contribution in [0.2, 0.25) is 0 Å². The largest absolute Gasteiger partial charge is 0.380 e. The molecular weight excluding hydrogens is 206 g/mol. The molecule has 0 aliphatic carbocycles. The molecule has 0 unspecified atom stereocenters. The Morgan fingerprint density at radius 1 is 1.27 bits per heavy atom. The monoisotopic (exact) mass is 213 g/mol. The molecule has 58 valence electrons. The zero-order chi connectivity index (χ0) is 7.68. The highest BCUT2D eigenvalue weighted by molar-refractivity contribution is 9.10. The number of fused-ring (bicyclic) bond motifs is 1. The molecule has 0 amide bonds. The summed E-state index contributed by atoms with van der Waals surface area (Å²) in [6.45, 7) is 1.91. The number of hydrogen-bond acceptors (Lipinski definition) is 3. The second-order valence-electron chi connectivity index (χ2n) is 2.38. The van der Waals surface area contributed by atoms with E-state index in [1.165, 1.54) is 0 Å². The number of halogens is 1. The maximum atomic E-state index is 4.26. The Kier molecular flexibility index (Phi) is 1.69. The summed E-state index contributed by atoms with van der Waals surface area (Å²) in [4.78, 5) is 4.26. The third-order valence-electron chi connectivity index (χ3n) is 1.59. The van der Waals surface area contributed by atoms with Crippen LogP contribution >= 0.6 is 15.9 Å². The fourth-order valence-corrected chi connectivity index (χ4v) is 1.40. The summed E-state index contributed by atoms with van der Waals surface area (Å²) in [7, 11) is 0. The van der Waals surface area contributed by atoms with Gasteiger partial charge in [0.25, 0.3) is 0 Å². The van der Waals surface area contributed by atoms with Gasteiger partial charge in [0.1, 0.15) is 4.60 Å². The van der Waals surface area contributed by atoms with Gasteiger partial charge in [0.15, 0.2) is 5.82 Å². The standard InChI is InChI=1S/C7H8BrN3/c8-6-2-1-5-7(11-6)10-4-3-9-5/h1-2,9H,3-4H2,(H,10,11). The lowest BCUT2D eigenvalue weighted by Gasteiger charge is -2.18. The number of nitrogens with one attached hydrogen (secondary N) is 2. The fraction of sp³-hybridized carbons (Fsp3) is 0.286. The van der Waals surface area contributed by atoms with Gasteiger partial charge in [-0.2, -0.15) is 0 Å². The summed E-state index contributed by atoms with van der Waals surface area (Å²) >= 11 is 3.31. The molecule has 1 aliphatic heterocycles. The predicted molar refractivity (Wildman–Crippen MR) is 48.9 cm³/mol. The van der Waals surface area contributed by atoms with Crippen molar-refractivity contribution in [2.24, 2.45) is 0 Å². The normalized spacial score (nSPS) is 14.6. The minimum Gasteiger partial charge on any atom is -0.380 e. The van der Waals surface area contributed by atoms with Crippen molar-refractivity contribution in [1.29, 1.82) is 0 Å². The lowest BCUT2D eigenvalue weighted by atomic mass is 10.3. The molecule has 2 heterocycles. The van der Waals surface area contributed by atoms with Crippen LogP contribution in [0.15, 0.2) is 16.7 Å². The van der Waals surface area contributed by atoms with Crippen molar-refractivity contribution in [2.45, 2.75) is 0 Å². The highest BCUT2D eigenvalue weighted by Gasteiger charge is 2.07. The van der Waals surface area contributed by atoms with Gasteiger partial charge in [-0.1, -0.05) is 0 Å². The van der Waals surface area contributed by atoms with Gasteiger partial charge in [-0.25, -0.2) is 4.98 Å². The molecule has 0 radical (unpaired) electrons. The molecule has 2 rings (SSSR count). The molecule has 0 atom stereocenters. The lowest BCUT2D eigenvalue weighted by molar-refractivity contribution is 1.01. The van der Waals surface area contributed by atoms with E-state index in [9.17, 15) is 0 Å². The first kappa shape index (κ1) is 6.91. The van der Waals surface area contributed by atoms with E-state index >= 15 is 0 Å². The van der Waals surface area contributed by atoms with E-state index in [0.717, 1.165) is 29.2 Å². The Hall–Kier alpha value is -0.770. The van der Waals surface area contributed by atoms with Crippen LogP contribution in [-0.2, 0) is 0 Å². The summed E-state index contributed by atoms with van der Waals surface area (Å²) in [6, 6.07) is 3.94. The van der Waals surface area contributed by atoms with E-state index in [-0.39, 0.29) is 0 Å². The quantitative estimate of drug-likeness (QED) is 0.645. The molecule has 0 bridgehead atoms.